The minimum atomic E-state index is 0.356. The van der Waals surface area contributed by atoms with Crippen molar-refractivity contribution < 1.29 is 18.3 Å². The summed E-state index contributed by atoms with van der Waals surface area (Å²) in [6.45, 7) is 47.5. The lowest BCUT2D eigenvalue weighted by Gasteiger charge is -2.25. The van der Waals surface area contributed by atoms with Gasteiger partial charge in [-0.25, -0.2) is 18.3 Å². The number of nitrogens with zero attached hydrogens (tertiary/aromatic N) is 12. The smallest absolute Gasteiger partial charge is 0.307 e. The Morgan fingerprint density at radius 2 is 0.436 bits per heavy atom. The van der Waals surface area contributed by atoms with Gasteiger partial charge in [-0.15, -0.1) is 0 Å². The number of benzene rings is 13. The zero-order chi connectivity index (χ0) is 98.7. The fourth-order valence-electron chi connectivity index (χ4n) is 22.2. The van der Waals surface area contributed by atoms with Gasteiger partial charge in [-0.3, -0.25) is 0 Å². The first kappa shape index (κ1) is 95.2. The van der Waals surface area contributed by atoms with Gasteiger partial charge in [0.15, 0.2) is 44.1 Å². The molecule has 0 aliphatic rings. The van der Waals surface area contributed by atoms with E-state index < -0.39 is 0 Å². The van der Waals surface area contributed by atoms with Crippen LogP contribution in [0.15, 0.2) is 340 Å². The molecule has 8 heterocycles. The highest BCUT2D eigenvalue weighted by Gasteiger charge is 2.38. The Balaban J connectivity index is 0.000000124. The van der Waals surface area contributed by atoms with E-state index in [2.05, 4.69) is 568 Å². The quantitative estimate of drug-likeness (QED) is 0.0769. The molecule has 0 spiro atoms. The Morgan fingerprint density at radius 1 is 0.193 bits per heavy atom. The van der Waals surface area contributed by atoms with E-state index in [4.69, 9.17) is 0 Å². The molecule has 704 valence electrons. The number of para-hydroxylation sites is 14. The Labute approximate surface area is 828 Å². The van der Waals surface area contributed by atoms with Crippen molar-refractivity contribution in [2.75, 3.05) is 0 Å². The predicted molar refractivity (Wildman–Crippen MR) is 585 cm³/mol. The highest BCUT2D eigenvalue weighted by atomic mass is 15.2. The van der Waals surface area contributed by atoms with Crippen molar-refractivity contribution in [1.29, 1.82) is 0 Å². The maximum atomic E-state index is 2.54. The lowest BCUT2D eigenvalue weighted by Crippen LogP contribution is -2.31. The van der Waals surface area contributed by atoms with Gasteiger partial charge in [-0.2, -0.15) is 18.3 Å². The monoisotopic (exact) mass is 1840 g/mol. The molecule has 12 heteroatoms. The molecule has 13 aromatic carbocycles. The molecule has 12 nitrogen and oxygen atoms in total. The van der Waals surface area contributed by atoms with Gasteiger partial charge in [0.1, 0.15) is 45.5 Å². The number of rotatable bonds is 18. The summed E-state index contributed by atoms with van der Waals surface area (Å²) in [5.74, 6) is 6.74. The van der Waals surface area contributed by atoms with Gasteiger partial charge in [0.25, 0.3) is 0 Å². The minimum absolute atomic E-state index is 0.356. The molecule has 0 saturated heterocycles. The highest BCUT2D eigenvalue weighted by molar-refractivity contribution is 5.85. The van der Waals surface area contributed by atoms with Crippen LogP contribution in [0.2, 0.25) is 0 Å². The molecular formula is C128H136N12+4. The fraction of sp³-hybridized carbons (Fsp3) is 0.234. The van der Waals surface area contributed by atoms with E-state index in [1.54, 1.807) is 0 Å². The molecule has 0 aliphatic heterocycles. The second-order valence-electron chi connectivity index (χ2n) is 40.0. The summed E-state index contributed by atoms with van der Waals surface area (Å²) in [4.78, 5) is 0. The van der Waals surface area contributed by atoms with Crippen molar-refractivity contribution in [2.45, 2.75) is 175 Å². The number of imidazole rings is 4. The summed E-state index contributed by atoms with van der Waals surface area (Å²) in [5.41, 5.74) is 48.0. The van der Waals surface area contributed by atoms with E-state index in [0.29, 0.717) is 29.6 Å². The molecule has 0 amide bonds. The first-order chi connectivity index (χ1) is 67.4. The van der Waals surface area contributed by atoms with Crippen molar-refractivity contribution in [2.24, 2.45) is 28.2 Å². The van der Waals surface area contributed by atoms with Gasteiger partial charge in [0.05, 0.1) is 45.3 Å². The van der Waals surface area contributed by atoms with E-state index in [-0.39, 0.29) is 0 Å². The Morgan fingerprint density at radius 3 is 0.743 bits per heavy atom. The largest absolute Gasteiger partial charge is 0.312 e. The molecular weight excluding hydrogens is 1710 g/mol. The number of hydrogen-bond acceptors (Lipinski definition) is 0. The van der Waals surface area contributed by atoms with Crippen LogP contribution in [-0.4, -0.2) is 36.5 Å². The average Bonchev–Trinajstić information content (AvgIpc) is 1.59. The van der Waals surface area contributed by atoms with E-state index in [0.717, 1.165) is 5.69 Å². The van der Waals surface area contributed by atoms with Gasteiger partial charge < -0.3 is 18.3 Å². The molecule has 0 aliphatic carbocycles. The zero-order valence-electron chi connectivity index (χ0n) is 86.6. The topological polar surface area (TPSA) is 55.0 Å². The molecule has 0 fully saturated rings. The molecule has 8 aromatic heterocycles. The van der Waals surface area contributed by atoms with Crippen LogP contribution < -0.4 is 18.3 Å². The van der Waals surface area contributed by atoms with Gasteiger partial charge in [0.2, 0.25) is 0 Å². The van der Waals surface area contributed by atoms with Gasteiger partial charge in [-0.1, -0.05) is 275 Å². The molecule has 21 aromatic rings. The maximum absolute atomic E-state index is 2.54. The van der Waals surface area contributed by atoms with Crippen molar-refractivity contribution in [3.05, 3.63) is 429 Å². The van der Waals surface area contributed by atoms with Crippen molar-refractivity contribution in [1.82, 2.24) is 36.5 Å². The Kier molecular flexibility index (Phi) is 26.8. The lowest BCUT2D eigenvalue weighted by atomic mass is 9.88. The summed E-state index contributed by atoms with van der Waals surface area (Å²) < 4.78 is 29.0. The normalized spacial score (nSPS) is 11.6. The molecule has 0 N–H and O–H groups in total. The highest BCUT2D eigenvalue weighted by Crippen LogP contribution is 2.46. The summed E-state index contributed by atoms with van der Waals surface area (Å²) in [7, 11) is 8.75. The average molecular weight is 1840 g/mol. The lowest BCUT2D eigenvalue weighted by molar-refractivity contribution is -0.634. The zero-order valence-corrected chi connectivity index (χ0v) is 86.6. The molecule has 21 rings (SSSR count). The molecule has 0 bridgehead atoms. The van der Waals surface area contributed by atoms with Crippen LogP contribution >= 0.6 is 0 Å². The van der Waals surface area contributed by atoms with Crippen LogP contribution in [0, 0.1) is 76.2 Å². The Bertz CT molecular complexity index is 8080. The van der Waals surface area contributed by atoms with Gasteiger partial charge >= 0.3 is 23.3 Å². The summed E-state index contributed by atoms with van der Waals surface area (Å²) in [5, 5.41) is 0. The fourth-order valence-corrected chi connectivity index (χ4v) is 22.2. The van der Waals surface area contributed by atoms with E-state index >= 15 is 0 Å². The third-order valence-corrected chi connectivity index (χ3v) is 28.4. The minimum Gasteiger partial charge on any atom is -0.307 e. The Hall–Kier alpha value is -15.1. The third kappa shape index (κ3) is 17.2. The molecule has 0 unspecified atom stereocenters. The number of fused-ring (bicyclic) bond motifs is 4. The first-order valence-electron chi connectivity index (χ1n) is 50.0. The first-order valence-corrected chi connectivity index (χ1v) is 50.0. The van der Waals surface area contributed by atoms with Crippen LogP contribution in [0.5, 0.6) is 0 Å². The van der Waals surface area contributed by atoms with Crippen molar-refractivity contribution in [3.63, 3.8) is 0 Å². The molecule has 0 radical (unpaired) electrons. The SMILES string of the molecule is Cc1cc(C)c(-n2c(C)cc(C)c2-c2n(-c3ccccc3)c3ccccc3[n+]2C)c(C)c1.Cc1cc(C)n(-c2c(C(C)C)cc(-c3ccccc3)cc2C(C)C)c1-c1n(-c2ccccc2)c2ccccc2[n+]1C.Cc1cc(C)n(-c2c(C(C)C)cccc2C(C)C)c1-c1n(-c2ccccc2)c2ccccc2[n+]1C.Cc1cc(C)n(-c2ccccc2C(C)C)c1-c1n(-c2ccccc2)c2ccccc2[n+]1C. The number of hydrogen-bond donors (Lipinski definition) is 0. The standard InChI is InChI=1S/C38H40N3.C32H36N3.2C29H30N3/c1-25(2)32-23-30(29-16-10-8-11-17-29)24-33(26(3)4)37(32)40-28(6)22-27(5)36(40)38-39(7)34-20-14-15-21-35(34)41(38)31-18-12-9-13-19-31;1-21(2)26-16-13-17-27(22(3)4)31(26)34-24(6)20-23(5)30(34)32-33(7)28-18-11-12-19-29(28)35(32)25-14-9-8-10-15-25;1-19-16-20(2)27(21(3)17-19)31-23(5)18-22(4)28(31)29-30(6)25-14-10-11-15-26(25)32(29)24-12-8-7-9-13-24;1-20(2)24-15-9-10-16-25(24)31-22(4)19-21(3)28(31)29-30(5)26-17-11-12-18-27(26)32(29)23-13-7-6-8-14-23/h8-26H,1-7H3;8-22H,1-7H3;7-18H,1-6H3;6-20H,1-5H3/q4*+1. The second kappa shape index (κ2) is 39.4. The molecule has 140 heavy (non-hydrogen) atoms. The number of aryl methyl sites for hydroxylation is 15. The second-order valence-corrected chi connectivity index (χ2v) is 40.0. The van der Waals surface area contributed by atoms with E-state index in [9.17, 15) is 0 Å². The van der Waals surface area contributed by atoms with Crippen molar-refractivity contribution in [3.8, 4) is 103 Å². The van der Waals surface area contributed by atoms with E-state index in [1.165, 1.54) is 231 Å². The maximum Gasteiger partial charge on any atom is 0.312 e. The van der Waals surface area contributed by atoms with Gasteiger partial charge in [-0.05, 0) is 318 Å². The summed E-state index contributed by atoms with van der Waals surface area (Å²) in [6, 6.07) is 123. The van der Waals surface area contributed by atoms with Crippen LogP contribution in [0.4, 0.5) is 0 Å². The van der Waals surface area contributed by atoms with Crippen LogP contribution in [0.1, 0.15) is 188 Å². The van der Waals surface area contributed by atoms with Crippen LogP contribution in [0.3, 0.4) is 0 Å². The van der Waals surface area contributed by atoms with E-state index in [1.807, 2.05) is 0 Å². The van der Waals surface area contributed by atoms with Crippen LogP contribution in [-0.2, 0) is 28.2 Å². The number of aromatic nitrogens is 12. The third-order valence-electron chi connectivity index (χ3n) is 28.4. The molecule has 0 saturated carbocycles. The van der Waals surface area contributed by atoms with Gasteiger partial charge in [0, 0.05) is 28.5 Å². The summed E-state index contributed by atoms with van der Waals surface area (Å²) in [6.07, 6.45) is 0. The predicted octanol–water partition coefficient (Wildman–Crippen LogP) is 30.3. The summed E-state index contributed by atoms with van der Waals surface area (Å²) >= 11 is 0. The van der Waals surface area contributed by atoms with Crippen LogP contribution in [0.25, 0.3) is 147 Å². The van der Waals surface area contributed by atoms with Crippen molar-refractivity contribution >= 4 is 44.1 Å². The molecule has 0 atom stereocenters.